The summed E-state index contributed by atoms with van der Waals surface area (Å²) in [4.78, 5) is 31.8. The van der Waals surface area contributed by atoms with Crippen LogP contribution in [0.25, 0.3) is 11.1 Å². The predicted octanol–water partition coefficient (Wildman–Crippen LogP) is 5.83. The summed E-state index contributed by atoms with van der Waals surface area (Å²) in [6.07, 6.45) is 2.43. The summed E-state index contributed by atoms with van der Waals surface area (Å²) in [5.41, 5.74) is 1.63. The zero-order chi connectivity index (χ0) is 28.3. The SMILES string of the molecule is O=C(OCc1ccccc1)N1CCN(C[C@@H]2C[C@@H]3CC[C@H]2CN3C(=O)c2c(F)cc(-c3ccccc3)cc2F)CC1. The molecule has 2 bridgehead atoms. The minimum absolute atomic E-state index is 0.0145. The molecule has 3 aromatic rings. The van der Waals surface area contributed by atoms with Crippen LogP contribution in [0.5, 0.6) is 0 Å². The highest BCUT2D eigenvalue weighted by molar-refractivity contribution is 5.95. The van der Waals surface area contributed by atoms with Crippen molar-refractivity contribution in [3.8, 4) is 11.1 Å². The van der Waals surface area contributed by atoms with Crippen LogP contribution >= 0.6 is 0 Å². The number of carbonyl (C=O) groups excluding carboxylic acids is 2. The molecule has 0 unspecified atom stereocenters. The first-order valence-electron chi connectivity index (χ1n) is 14.5. The predicted molar refractivity (Wildman–Crippen MR) is 152 cm³/mol. The Labute approximate surface area is 239 Å². The van der Waals surface area contributed by atoms with Crippen molar-refractivity contribution in [1.82, 2.24) is 14.7 Å². The van der Waals surface area contributed by atoms with Gasteiger partial charge in [-0.1, -0.05) is 60.7 Å². The van der Waals surface area contributed by atoms with Gasteiger partial charge in [0.15, 0.2) is 0 Å². The van der Waals surface area contributed by atoms with Crippen LogP contribution in [0.4, 0.5) is 13.6 Å². The van der Waals surface area contributed by atoms with Gasteiger partial charge in [-0.05, 0) is 59.9 Å². The van der Waals surface area contributed by atoms with Gasteiger partial charge in [-0.15, -0.1) is 0 Å². The Morgan fingerprint density at radius 2 is 1.49 bits per heavy atom. The number of hydrogen-bond donors (Lipinski definition) is 0. The fourth-order valence-electron chi connectivity index (χ4n) is 6.67. The smallest absolute Gasteiger partial charge is 0.410 e. The van der Waals surface area contributed by atoms with Crippen LogP contribution in [-0.4, -0.2) is 72.0 Å². The molecule has 4 aliphatic rings. The highest BCUT2D eigenvalue weighted by atomic mass is 19.1. The van der Waals surface area contributed by atoms with E-state index in [0.29, 0.717) is 42.6 Å². The highest BCUT2D eigenvalue weighted by Crippen LogP contribution is 2.41. The number of amides is 2. The average Bonchev–Trinajstić information content (AvgIpc) is 3.01. The number of nitrogens with zero attached hydrogens (tertiary/aromatic N) is 3. The zero-order valence-corrected chi connectivity index (χ0v) is 23.1. The van der Waals surface area contributed by atoms with Crippen molar-refractivity contribution in [3.63, 3.8) is 0 Å². The van der Waals surface area contributed by atoms with Crippen molar-refractivity contribution in [2.24, 2.45) is 11.8 Å². The fourth-order valence-corrected chi connectivity index (χ4v) is 6.67. The Kier molecular flexibility index (Phi) is 8.01. The van der Waals surface area contributed by atoms with Crippen LogP contribution in [0.15, 0.2) is 72.8 Å². The van der Waals surface area contributed by atoms with Crippen molar-refractivity contribution >= 4 is 12.0 Å². The third kappa shape index (κ3) is 5.98. The minimum atomic E-state index is -0.813. The van der Waals surface area contributed by atoms with Crippen LogP contribution in [-0.2, 0) is 11.3 Å². The summed E-state index contributed by atoms with van der Waals surface area (Å²) >= 11 is 0. The molecule has 0 spiro atoms. The van der Waals surface area contributed by atoms with Crippen LogP contribution in [0.1, 0.15) is 35.2 Å². The molecule has 3 heterocycles. The maximum absolute atomic E-state index is 15.1. The maximum atomic E-state index is 15.1. The molecule has 3 aromatic carbocycles. The number of fused-ring (bicyclic) bond motifs is 3. The third-order valence-electron chi connectivity index (χ3n) is 8.94. The van der Waals surface area contributed by atoms with Gasteiger partial charge in [0.05, 0.1) is 0 Å². The summed E-state index contributed by atoms with van der Waals surface area (Å²) in [5, 5.41) is 0. The second kappa shape index (κ2) is 12.0. The lowest BCUT2D eigenvalue weighted by Gasteiger charge is -2.51. The van der Waals surface area contributed by atoms with E-state index >= 15 is 8.78 Å². The second-order valence-electron chi connectivity index (χ2n) is 11.5. The molecule has 3 atom stereocenters. The van der Waals surface area contributed by atoms with Gasteiger partial charge in [-0.3, -0.25) is 9.69 Å². The van der Waals surface area contributed by atoms with Crippen LogP contribution < -0.4 is 0 Å². The highest BCUT2D eigenvalue weighted by Gasteiger charge is 2.44. The van der Waals surface area contributed by atoms with Gasteiger partial charge in [0.25, 0.3) is 5.91 Å². The molecular weight excluding hydrogens is 524 g/mol. The molecule has 2 amide bonds. The van der Waals surface area contributed by atoms with E-state index in [1.54, 1.807) is 21.9 Å². The zero-order valence-electron chi connectivity index (χ0n) is 23.1. The number of ether oxygens (including phenoxy) is 1. The normalized spacial score (nSPS) is 22.5. The molecule has 4 fully saturated rings. The lowest BCUT2D eigenvalue weighted by atomic mass is 9.71. The van der Waals surface area contributed by atoms with E-state index in [1.165, 1.54) is 12.1 Å². The summed E-state index contributed by atoms with van der Waals surface area (Å²) in [6.45, 7) is 4.50. The number of hydrogen-bond acceptors (Lipinski definition) is 4. The van der Waals surface area contributed by atoms with Gasteiger partial charge in [0, 0.05) is 45.3 Å². The monoisotopic (exact) mass is 559 g/mol. The number of piperidine rings is 2. The third-order valence-corrected chi connectivity index (χ3v) is 8.94. The Balaban J connectivity index is 1.02. The number of piperazine rings is 1. The Bertz CT molecular complexity index is 1360. The summed E-state index contributed by atoms with van der Waals surface area (Å²) in [5.74, 6) is -1.45. The van der Waals surface area contributed by atoms with Gasteiger partial charge in [-0.25, -0.2) is 13.6 Å². The van der Waals surface area contributed by atoms with Gasteiger partial charge in [0.1, 0.15) is 23.8 Å². The van der Waals surface area contributed by atoms with Gasteiger partial charge >= 0.3 is 6.09 Å². The van der Waals surface area contributed by atoms with Gasteiger partial charge < -0.3 is 14.5 Å². The second-order valence-corrected chi connectivity index (χ2v) is 11.5. The Morgan fingerprint density at radius 3 is 2.12 bits per heavy atom. The van der Waals surface area contributed by atoms with Crippen molar-refractivity contribution < 1.29 is 23.1 Å². The molecular formula is C33H35F2N3O3. The number of benzene rings is 3. The molecule has 1 saturated carbocycles. The van der Waals surface area contributed by atoms with Gasteiger partial charge in [-0.2, -0.15) is 0 Å². The van der Waals surface area contributed by atoms with Crippen molar-refractivity contribution in [2.75, 3.05) is 39.3 Å². The Hall–Kier alpha value is -3.78. The van der Waals surface area contributed by atoms with E-state index < -0.39 is 23.1 Å². The van der Waals surface area contributed by atoms with Crippen LogP contribution in [0, 0.1) is 23.5 Å². The van der Waals surface area contributed by atoms with Crippen molar-refractivity contribution in [3.05, 3.63) is 95.6 Å². The summed E-state index contributed by atoms with van der Waals surface area (Å²) in [6, 6.07) is 21.2. The molecule has 3 saturated heterocycles. The lowest BCUT2D eigenvalue weighted by molar-refractivity contribution is -0.00685. The first kappa shape index (κ1) is 27.4. The lowest BCUT2D eigenvalue weighted by Crippen LogP contribution is -2.57. The molecule has 0 radical (unpaired) electrons. The van der Waals surface area contributed by atoms with E-state index in [-0.39, 0.29) is 18.7 Å². The average molecular weight is 560 g/mol. The molecule has 3 aliphatic heterocycles. The van der Waals surface area contributed by atoms with Gasteiger partial charge in [0.2, 0.25) is 0 Å². The largest absolute Gasteiger partial charge is 0.445 e. The molecule has 41 heavy (non-hydrogen) atoms. The van der Waals surface area contributed by atoms with E-state index in [4.69, 9.17) is 4.74 Å². The molecule has 7 rings (SSSR count). The molecule has 1 aliphatic carbocycles. The summed E-state index contributed by atoms with van der Waals surface area (Å²) < 4.78 is 35.7. The van der Waals surface area contributed by atoms with Crippen LogP contribution in [0.2, 0.25) is 0 Å². The standard InChI is InChI=1S/C33H35F2N3O3/c34-29-18-26(24-9-5-2-6-10-24)19-30(35)31(29)32(39)38-21-25-11-12-28(38)17-27(25)20-36-13-15-37(16-14-36)33(40)41-22-23-7-3-1-4-8-23/h1-10,18-19,25,27-28H,11-17,20-22H2/t25-,27-,28-/m0/s1. The first-order chi connectivity index (χ1) is 20.0. The quantitative estimate of drug-likeness (QED) is 0.382. The van der Waals surface area contributed by atoms with Crippen molar-refractivity contribution in [1.29, 1.82) is 0 Å². The molecule has 0 N–H and O–H groups in total. The van der Waals surface area contributed by atoms with E-state index in [1.807, 2.05) is 48.5 Å². The molecule has 6 nitrogen and oxygen atoms in total. The molecule has 214 valence electrons. The first-order valence-corrected chi connectivity index (χ1v) is 14.5. The van der Waals surface area contributed by atoms with E-state index in [2.05, 4.69) is 4.90 Å². The van der Waals surface area contributed by atoms with Crippen LogP contribution in [0.3, 0.4) is 0 Å². The number of rotatable bonds is 6. The molecule has 0 aromatic heterocycles. The Morgan fingerprint density at radius 1 is 0.829 bits per heavy atom. The van der Waals surface area contributed by atoms with E-state index in [9.17, 15) is 9.59 Å². The maximum Gasteiger partial charge on any atom is 0.410 e. The number of halogens is 2. The number of carbonyl (C=O) groups is 2. The fraction of sp³-hybridized carbons (Fsp3) is 0.394. The topological polar surface area (TPSA) is 53.1 Å². The van der Waals surface area contributed by atoms with E-state index in [0.717, 1.165) is 44.5 Å². The summed E-state index contributed by atoms with van der Waals surface area (Å²) in [7, 11) is 0. The van der Waals surface area contributed by atoms with Crippen molar-refractivity contribution in [2.45, 2.75) is 31.9 Å². The molecule has 8 heteroatoms. The minimum Gasteiger partial charge on any atom is -0.445 e.